The number of aromatic amines is 1. The number of nitrogens with zero attached hydrogens (tertiary/aromatic N) is 1. The summed E-state index contributed by atoms with van der Waals surface area (Å²) >= 11 is 0. The second-order valence-electron chi connectivity index (χ2n) is 3.28. The number of rotatable bonds is 1. The maximum Gasteiger partial charge on any atom is 0.326 e. The number of H-pyrrole nitrogens is 1. The summed E-state index contributed by atoms with van der Waals surface area (Å²) in [5.74, 6) is 0.000508. The number of aryl methyl sites for hydroxylation is 1. The monoisotopic (exact) mass is 192 g/mol. The van der Waals surface area contributed by atoms with Gasteiger partial charge in [-0.3, -0.25) is 9.36 Å². The van der Waals surface area contributed by atoms with E-state index in [1.54, 1.807) is 25.2 Å². The van der Waals surface area contributed by atoms with Gasteiger partial charge in [0.15, 0.2) is 5.78 Å². The summed E-state index contributed by atoms with van der Waals surface area (Å²) in [5, 5.41) is 0. The molecule has 0 atom stereocenters. The topological polar surface area (TPSA) is 54.9 Å². The molecule has 1 N–H and O–H groups in total. The molecule has 2 rings (SSSR count). The molecule has 0 saturated carbocycles. The van der Waals surface area contributed by atoms with E-state index in [4.69, 9.17) is 0 Å². The number of Topliss-reactive ketones (excluding diaryl/α,β-unsaturated/α-hetero) is 1. The Bertz CT molecular complexity index is 568. The lowest BCUT2D eigenvalue weighted by atomic mass is 10.1. The lowest BCUT2D eigenvalue weighted by Crippen LogP contribution is -2.11. The number of hydrogen-bond acceptors (Lipinski definition) is 2. The van der Waals surface area contributed by atoms with Crippen molar-refractivity contribution >= 4 is 16.8 Å². The molecule has 14 heavy (non-hydrogen) atoms. The molecule has 0 saturated heterocycles. The van der Waals surface area contributed by atoms with E-state index < -0.39 is 0 Å². The molecule has 4 heteroatoms. The number of benzene rings is 1. The van der Waals surface area contributed by atoms with Gasteiger partial charge in [0.1, 0.15) is 0 Å². The minimum Gasteiger partial charge on any atom is -0.306 e. The van der Waals surface area contributed by atoms with E-state index in [0.717, 1.165) is 11.0 Å². The van der Waals surface area contributed by atoms with Gasteiger partial charge in [0, 0.05) is 14.0 Å². The first kappa shape index (κ1) is 8.74. The van der Waals surface area contributed by atoms with Gasteiger partial charge in [0.05, 0.1) is 11.0 Å². The number of imidazole rings is 1. The summed E-state index contributed by atoms with van der Waals surface area (Å²) in [6, 6.07) is 5.17. The Morgan fingerprint density at radius 3 is 2.86 bits per heavy atom. The van der Waals surface area contributed by atoms with Crippen molar-refractivity contribution in [3.8, 4) is 0 Å². The highest BCUT2D eigenvalue weighted by Gasteiger charge is 2.05. The molecule has 4 nitrogen and oxygen atoms in total. The summed E-state index contributed by atoms with van der Waals surface area (Å²) in [6.07, 6.45) is 0. The lowest BCUT2D eigenvalue weighted by Gasteiger charge is -1.96. The largest absolute Gasteiger partial charge is 0.326 e. The van der Waals surface area contributed by atoms with E-state index in [1.165, 1.54) is 11.5 Å². The summed E-state index contributed by atoms with van der Waals surface area (Å²) in [7, 11) is 1.67. The lowest BCUT2D eigenvalue weighted by molar-refractivity contribution is 0.101. The van der Waals surface area contributed by atoms with E-state index in [9.17, 15) is 9.59 Å². The molecule has 0 aliphatic carbocycles. The Labute approximate surface area is 81.7 Å². The Morgan fingerprint density at radius 1 is 1.50 bits per heavy atom. The Hall–Kier alpha value is -1.84. The zero-order chi connectivity index (χ0) is 10.3. The highest BCUT2D eigenvalue weighted by Crippen LogP contribution is 2.12. The molecular formula is C10H12N2O2. The second-order valence-corrected chi connectivity index (χ2v) is 3.28. The van der Waals surface area contributed by atoms with Gasteiger partial charge in [-0.25, -0.2) is 4.79 Å². The Kier molecular flexibility index (Phi) is 1.77. The van der Waals surface area contributed by atoms with Gasteiger partial charge >= 0.3 is 5.69 Å². The summed E-state index contributed by atoms with van der Waals surface area (Å²) in [5.41, 5.74) is 1.96. The zero-order valence-electron chi connectivity index (χ0n) is 8.00. The molecule has 2 aromatic rings. The first-order valence-corrected chi connectivity index (χ1v) is 4.29. The van der Waals surface area contributed by atoms with Gasteiger partial charge in [0.2, 0.25) is 0 Å². The highest BCUT2D eigenvalue weighted by molar-refractivity contribution is 5.97. The van der Waals surface area contributed by atoms with Crippen molar-refractivity contribution in [2.75, 3.05) is 0 Å². The van der Waals surface area contributed by atoms with E-state index in [2.05, 4.69) is 4.98 Å². The molecular weight excluding hydrogens is 180 g/mol. The SMILES string of the molecule is CC(=O)c1ccc2[nH]c(=O)n(C)c2c1.[HH]. The van der Waals surface area contributed by atoms with Crippen molar-refractivity contribution in [1.29, 1.82) is 0 Å². The van der Waals surface area contributed by atoms with E-state index >= 15 is 0 Å². The Balaban J connectivity index is 0.00000112. The minimum absolute atomic E-state index is 0. The molecule has 0 aliphatic heterocycles. The number of ketones is 1. The van der Waals surface area contributed by atoms with Crippen LogP contribution in [0.5, 0.6) is 0 Å². The second kappa shape index (κ2) is 2.83. The van der Waals surface area contributed by atoms with Crippen molar-refractivity contribution in [3.63, 3.8) is 0 Å². The van der Waals surface area contributed by atoms with Gasteiger partial charge < -0.3 is 4.98 Å². The van der Waals surface area contributed by atoms with Crippen LogP contribution in [0.3, 0.4) is 0 Å². The number of carbonyl (C=O) groups is 1. The fourth-order valence-electron chi connectivity index (χ4n) is 1.44. The van der Waals surface area contributed by atoms with Crippen molar-refractivity contribution < 1.29 is 6.22 Å². The molecule has 0 unspecified atom stereocenters. The molecule has 0 aliphatic rings. The van der Waals surface area contributed by atoms with Crippen LogP contribution in [-0.4, -0.2) is 15.3 Å². The molecule has 1 aromatic carbocycles. The average Bonchev–Trinajstić information content (AvgIpc) is 2.43. The molecule has 74 valence electrons. The predicted octanol–water partition coefficient (Wildman–Crippen LogP) is 1.32. The zero-order valence-corrected chi connectivity index (χ0v) is 8.00. The van der Waals surface area contributed by atoms with Crippen molar-refractivity contribution in [2.24, 2.45) is 7.05 Å². The summed E-state index contributed by atoms with van der Waals surface area (Å²) < 4.78 is 1.49. The van der Waals surface area contributed by atoms with Gasteiger partial charge in [-0.15, -0.1) is 0 Å². The normalized spacial score (nSPS) is 10.7. The smallest absolute Gasteiger partial charge is 0.306 e. The minimum atomic E-state index is -0.166. The van der Waals surface area contributed by atoms with Crippen LogP contribution in [0.2, 0.25) is 0 Å². The van der Waals surface area contributed by atoms with Crippen molar-refractivity contribution in [1.82, 2.24) is 9.55 Å². The third kappa shape index (κ3) is 1.16. The third-order valence-electron chi connectivity index (χ3n) is 2.31. The van der Waals surface area contributed by atoms with E-state index in [0.29, 0.717) is 5.56 Å². The molecule has 1 aromatic heterocycles. The molecule has 1 heterocycles. The highest BCUT2D eigenvalue weighted by atomic mass is 16.1. The first-order chi connectivity index (χ1) is 6.59. The number of aromatic nitrogens is 2. The predicted molar refractivity (Wildman–Crippen MR) is 55.7 cm³/mol. The molecule has 0 bridgehead atoms. The first-order valence-electron chi connectivity index (χ1n) is 4.29. The third-order valence-corrected chi connectivity index (χ3v) is 2.31. The summed E-state index contributed by atoms with van der Waals surface area (Å²) in [6.45, 7) is 1.51. The Morgan fingerprint density at radius 2 is 2.21 bits per heavy atom. The summed E-state index contributed by atoms with van der Waals surface area (Å²) in [4.78, 5) is 25.0. The van der Waals surface area contributed by atoms with Gasteiger partial charge in [-0.1, -0.05) is 0 Å². The van der Waals surface area contributed by atoms with Crippen LogP contribution in [0.25, 0.3) is 11.0 Å². The van der Waals surface area contributed by atoms with E-state index in [1.807, 2.05) is 0 Å². The van der Waals surface area contributed by atoms with E-state index in [-0.39, 0.29) is 12.9 Å². The number of hydrogen-bond donors (Lipinski definition) is 1. The molecule has 0 fully saturated rings. The van der Waals surface area contributed by atoms with Crippen molar-refractivity contribution in [3.05, 3.63) is 34.2 Å². The van der Waals surface area contributed by atoms with Gasteiger partial charge in [-0.05, 0) is 25.1 Å². The molecule has 0 spiro atoms. The maximum atomic E-state index is 11.2. The quantitative estimate of drug-likeness (QED) is 0.693. The fraction of sp³-hybridized carbons (Fsp3) is 0.200. The molecule has 0 radical (unpaired) electrons. The van der Waals surface area contributed by atoms with Crippen LogP contribution < -0.4 is 5.69 Å². The van der Waals surface area contributed by atoms with Crippen LogP contribution in [-0.2, 0) is 7.05 Å². The number of fused-ring (bicyclic) bond motifs is 1. The van der Waals surface area contributed by atoms with Crippen LogP contribution >= 0.6 is 0 Å². The maximum absolute atomic E-state index is 11.2. The van der Waals surface area contributed by atoms with Gasteiger partial charge in [-0.2, -0.15) is 0 Å². The van der Waals surface area contributed by atoms with Crippen LogP contribution in [0, 0.1) is 0 Å². The van der Waals surface area contributed by atoms with Crippen LogP contribution in [0.15, 0.2) is 23.0 Å². The van der Waals surface area contributed by atoms with Crippen molar-refractivity contribution in [2.45, 2.75) is 6.92 Å². The molecule has 0 amide bonds. The van der Waals surface area contributed by atoms with Gasteiger partial charge in [0.25, 0.3) is 0 Å². The van der Waals surface area contributed by atoms with Crippen LogP contribution in [0.4, 0.5) is 0 Å². The standard InChI is InChI=1S/C10H10N2O2.H2/c1-6(13)7-3-4-8-9(5-7)12(2)10(14)11-8;/h3-5H,1-2H3,(H,11,14);1H. The van der Waals surface area contributed by atoms with Crippen LogP contribution in [0.1, 0.15) is 18.7 Å². The number of carbonyl (C=O) groups excluding carboxylic acids is 1. The fourth-order valence-corrected chi connectivity index (χ4v) is 1.44. The average molecular weight is 192 g/mol. The number of nitrogens with one attached hydrogen (secondary N) is 1.